The highest BCUT2D eigenvalue weighted by Crippen LogP contribution is 2.21. The smallest absolute Gasteiger partial charge is 0.378 e. The van der Waals surface area contributed by atoms with Gasteiger partial charge in [0, 0.05) is 25.6 Å². The summed E-state index contributed by atoms with van der Waals surface area (Å²) in [6.07, 6.45) is -0.601. The zero-order chi connectivity index (χ0) is 19.6. The predicted octanol–water partition coefficient (Wildman–Crippen LogP) is 2.36. The van der Waals surface area contributed by atoms with E-state index < -0.39 is 11.5 Å². The third-order valence-electron chi connectivity index (χ3n) is 4.38. The first kappa shape index (κ1) is 19.0. The van der Waals surface area contributed by atoms with Gasteiger partial charge in [0.15, 0.2) is 17.3 Å². The van der Waals surface area contributed by atoms with Crippen LogP contribution in [0.25, 0.3) is 11.0 Å². The number of ether oxygens (including phenoxy) is 1. The van der Waals surface area contributed by atoms with E-state index in [1.165, 1.54) is 4.90 Å². The molecule has 1 fully saturated rings. The summed E-state index contributed by atoms with van der Waals surface area (Å²) < 4.78 is 7.00. The van der Waals surface area contributed by atoms with Crippen LogP contribution < -0.4 is 0 Å². The molecule has 144 valence electrons. The second-order valence-corrected chi connectivity index (χ2v) is 7.46. The van der Waals surface area contributed by atoms with Crippen molar-refractivity contribution in [3.63, 3.8) is 0 Å². The first-order valence-corrected chi connectivity index (χ1v) is 8.87. The molecule has 0 atom stereocenters. The van der Waals surface area contributed by atoms with E-state index in [1.54, 1.807) is 32.4 Å². The van der Waals surface area contributed by atoms with Crippen LogP contribution in [0, 0.1) is 5.41 Å². The first-order valence-electron chi connectivity index (χ1n) is 8.87. The average Bonchev–Trinajstić information content (AvgIpc) is 2.98. The van der Waals surface area contributed by atoms with Crippen molar-refractivity contribution in [2.24, 2.45) is 17.6 Å². The van der Waals surface area contributed by atoms with Crippen molar-refractivity contribution >= 4 is 28.6 Å². The molecule has 0 N–H and O–H groups in total. The molecule has 8 heteroatoms. The van der Waals surface area contributed by atoms with Gasteiger partial charge in [-0.3, -0.25) is 9.63 Å². The monoisotopic (exact) mass is 372 g/mol. The van der Waals surface area contributed by atoms with Crippen LogP contribution in [0.2, 0.25) is 0 Å². The number of ketones is 1. The number of morpholine rings is 1. The molecular weight excluding hydrogens is 348 g/mol. The van der Waals surface area contributed by atoms with Gasteiger partial charge in [0.1, 0.15) is 0 Å². The molecule has 1 aliphatic rings. The normalized spacial score (nSPS) is 15.9. The lowest BCUT2D eigenvalue weighted by atomic mass is 9.88. The molecule has 1 aromatic heterocycles. The van der Waals surface area contributed by atoms with E-state index in [1.807, 2.05) is 24.3 Å². The number of benzene rings is 1. The molecule has 27 heavy (non-hydrogen) atoms. The minimum absolute atomic E-state index is 0.0304. The molecule has 0 saturated carbocycles. The fourth-order valence-electron chi connectivity index (χ4n) is 2.78. The molecule has 0 unspecified atom stereocenters. The van der Waals surface area contributed by atoms with Gasteiger partial charge in [-0.1, -0.05) is 38.1 Å². The standard InChI is InChI=1S/C19H24N4O4/c1-19(2,3)16(24)15(21-27-18(25)23-9-11-26-12-10-23)17-20-13-7-5-6-8-14(13)22(17)4/h5-8H,9-12H2,1-4H3. The van der Waals surface area contributed by atoms with Crippen molar-refractivity contribution in [2.75, 3.05) is 26.3 Å². The third-order valence-corrected chi connectivity index (χ3v) is 4.38. The van der Waals surface area contributed by atoms with Gasteiger partial charge < -0.3 is 14.2 Å². The van der Waals surface area contributed by atoms with Crippen molar-refractivity contribution in [3.8, 4) is 0 Å². The summed E-state index contributed by atoms with van der Waals surface area (Å²) >= 11 is 0. The molecule has 8 nitrogen and oxygen atoms in total. The van der Waals surface area contributed by atoms with Gasteiger partial charge in [-0.25, -0.2) is 9.78 Å². The number of carbonyl (C=O) groups is 2. The number of oxime groups is 1. The number of para-hydroxylation sites is 2. The Morgan fingerprint density at radius 1 is 1.19 bits per heavy atom. The summed E-state index contributed by atoms with van der Waals surface area (Å²) in [5.74, 6) is 0.113. The second kappa shape index (κ2) is 7.48. The van der Waals surface area contributed by atoms with Crippen molar-refractivity contribution in [1.29, 1.82) is 0 Å². The van der Waals surface area contributed by atoms with Gasteiger partial charge in [0.05, 0.1) is 24.2 Å². The molecule has 1 aromatic carbocycles. The molecule has 1 saturated heterocycles. The number of carbonyl (C=O) groups excluding carboxylic acids is 2. The van der Waals surface area contributed by atoms with Gasteiger partial charge in [-0.05, 0) is 12.1 Å². The maximum Gasteiger partial charge on any atom is 0.436 e. The molecule has 0 radical (unpaired) electrons. The van der Waals surface area contributed by atoms with E-state index in [9.17, 15) is 9.59 Å². The predicted molar refractivity (Wildman–Crippen MR) is 101 cm³/mol. The number of Topliss-reactive ketones (excluding diaryl/α,β-unsaturated/α-hetero) is 1. The maximum atomic E-state index is 13.0. The third kappa shape index (κ3) is 4.00. The van der Waals surface area contributed by atoms with Gasteiger partial charge in [0.2, 0.25) is 0 Å². The van der Waals surface area contributed by atoms with Crippen LogP contribution in [-0.2, 0) is 21.4 Å². The number of nitrogens with zero attached hydrogens (tertiary/aromatic N) is 4. The number of hydrogen-bond donors (Lipinski definition) is 0. The van der Waals surface area contributed by atoms with Crippen molar-refractivity contribution < 1.29 is 19.2 Å². The lowest BCUT2D eigenvalue weighted by Gasteiger charge is -2.24. The summed E-state index contributed by atoms with van der Waals surface area (Å²) in [7, 11) is 1.81. The molecule has 0 aliphatic carbocycles. The lowest BCUT2D eigenvalue weighted by molar-refractivity contribution is -0.119. The quantitative estimate of drug-likeness (QED) is 0.469. The number of hydrogen-bond acceptors (Lipinski definition) is 6. The van der Waals surface area contributed by atoms with Gasteiger partial charge >= 0.3 is 6.09 Å². The van der Waals surface area contributed by atoms with E-state index in [4.69, 9.17) is 9.57 Å². The molecule has 1 aliphatic heterocycles. The summed E-state index contributed by atoms with van der Waals surface area (Å²) in [5, 5.41) is 3.94. The van der Waals surface area contributed by atoms with Crippen LogP contribution in [0.15, 0.2) is 29.4 Å². The number of fused-ring (bicyclic) bond motifs is 1. The molecule has 1 amide bonds. The Balaban J connectivity index is 1.96. The zero-order valence-corrected chi connectivity index (χ0v) is 16.1. The van der Waals surface area contributed by atoms with Crippen LogP contribution in [0.3, 0.4) is 0 Å². The highest BCUT2D eigenvalue weighted by molar-refractivity contribution is 6.46. The highest BCUT2D eigenvalue weighted by Gasteiger charge is 2.32. The number of imidazole rings is 1. The van der Waals surface area contributed by atoms with Crippen LogP contribution in [0.5, 0.6) is 0 Å². The minimum Gasteiger partial charge on any atom is -0.378 e. The Hall–Kier alpha value is -2.74. The summed E-state index contributed by atoms with van der Waals surface area (Å²) in [6.45, 7) is 7.15. The minimum atomic E-state index is -0.706. The number of rotatable bonds is 3. The summed E-state index contributed by atoms with van der Waals surface area (Å²) in [6, 6.07) is 7.54. The van der Waals surface area contributed by atoms with Gasteiger partial charge in [-0.2, -0.15) is 0 Å². The Kier molecular flexibility index (Phi) is 5.27. The van der Waals surface area contributed by atoms with Crippen molar-refractivity contribution in [2.45, 2.75) is 20.8 Å². The van der Waals surface area contributed by atoms with E-state index in [2.05, 4.69) is 10.1 Å². The van der Waals surface area contributed by atoms with Gasteiger partial charge in [-0.15, -0.1) is 0 Å². The zero-order valence-electron chi connectivity index (χ0n) is 16.1. The summed E-state index contributed by atoms with van der Waals surface area (Å²) in [4.78, 5) is 36.4. The van der Waals surface area contributed by atoms with Crippen LogP contribution >= 0.6 is 0 Å². The first-order chi connectivity index (χ1) is 12.8. The average molecular weight is 372 g/mol. The topological polar surface area (TPSA) is 86.0 Å². The van der Waals surface area contributed by atoms with Crippen LogP contribution in [0.4, 0.5) is 4.79 Å². The molecule has 0 bridgehead atoms. The van der Waals surface area contributed by atoms with E-state index in [0.29, 0.717) is 32.1 Å². The Bertz CT molecular complexity index is 889. The van der Waals surface area contributed by atoms with Crippen LogP contribution in [0.1, 0.15) is 26.6 Å². The Morgan fingerprint density at radius 2 is 1.85 bits per heavy atom. The number of aryl methyl sites for hydroxylation is 1. The Labute approximate surface area is 157 Å². The fraction of sp³-hybridized carbons (Fsp3) is 0.474. The van der Waals surface area contributed by atoms with E-state index >= 15 is 0 Å². The van der Waals surface area contributed by atoms with E-state index in [-0.39, 0.29) is 11.5 Å². The van der Waals surface area contributed by atoms with E-state index in [0.717, 1.165) is 11.0 Å². The highest BCUT2D eigenvalue weighted by atomic mass is 16.7. The van der Waals surface area contributed by atoms with Gasteiger partial charge in [0.25, 0.3) is 0 Å². The lowest BCUT2D eigenvalue weighted by Crippen LogP contribution is -2.40. The fourth-order valence-corrected chi connectivity index (χ4v) is 2.78. The number of aromatic nitrogens is 2. The van der Waals surface area contributed by atoms with Crippen LogP contribution in [-0.4, -0.2) is 58.3 Å². The molecular formula is C19H24N4O4. The Morgan fingerprint density at radius 3 is 2.48 bits per heavy atom. The summed E-state index contributed by atoms with van der Waals surface area (Å²) in [5.41, 5.74) is 0.927. The molecule has 2 heterocycles. The molecule has 0 spiro atoms. The van der Waals surface area contributed by atoms with Crippen molar-refractivity contribution in [1.82, 2.24) is 14.5 Å². The number of amides is 1. The molecule has 2 aromatic rings. The largest absolute Gasteiger partial charge is 0.436 e. The maximum absolute atomic E-state index is 13.0. The second-order valence-electron chi connectivity index (χ2n) is 7.46. The van der Waals surface area contributed by atoms with Crippen molar-refractivity contribution in [3.05, 3.63) is 30.1 Å². The molecule has 3 rings (SSSR count). The SMILES string of the molecule is Cn1c(C(=NOC(=O)N2CCOCC2)C(=O)C(C)(C)C)nc2ccccc21.